The van der Waals surface area contributed by atoms with Gasteiger partial charge < -0.3 is 20.5 Å². The Bertz CT molecular complexity index is 459. The molecular weight excluding hydrogens is 268 g/mol. The summed E-state index contributed by atoms with van der Waals surface area (Å²) in [7, 11) is 0. The van der Waals surface area contributed by atoms with E-state index in [-0.39, 0.29) is 24.8 Å². The van der Waals surface area contributed by atoms with Crippen molar-refractivity contribution in [1.29, 1.82) is 0 Å². The lowest BCUT2D eigenvalue weighted by molar-refractivity contribution is 0.0796. The molecule has 2 atom stereocenters. The summed E-state index contributed by atoms with van der Waals surface area (Å²) in [5.41, 5.74) is 1.77. The summed E-state index contributed by atoms with van der Waals surface area (Å²) in [6, 6.07) is 7.40. The average Bonchev–Trinajstić information content (AvgIpc) is 3.05. The van der Waals surface area contributed by atoms with Gasteiger partial charge in [-0.1, -0.05) is 31.2 Å². The smallest absolute Gasteiger partial charge is 0.315 e. The molecule has 1 fully saturated rings. The van der Waals surface area contributed by atoms with Crippen molar-refractivity contribution in [2.45, 2.75) is 51.5 Å². The number of rotatable bonds is 6. The van der Waals surface area contributed by atoms with E-state index in [9.17, 15) is 9.90 Å². The van der Waals surface area contributed by atoms with Gasteiger partial charge in [0.25, 0.3) is 0 Å². The molecule has 0 spiro atoms. The first-order valence-electron chi connectivity index (χ1n) is 7.58. The van der Waals surface area contributed by atoms with Crippen LogP contribution in [0.4, 0.5) is 4.79 Å². The van der Waals surface area contributed by atoms with E-state index in [0.717, 1.165) is 37.0 Å². The molecule has 2 amide bonds. The van der Waals surface area contributed by atoms with E-state index < -0.39 is 0 Å². The van der Waals surface area contributed by atoms with Gasteiger partial charge in [0.1, 0.15) is 0 Å². The van der Waals surface area contributed by atoms with Gasteiger partial charge in [0.05, 0.1) is 18.8 Å². The molecule has 1 aliphatic rings. The largest absolute Gasteiger partial charge is 0.392 e. The Balaban J connectivity index is 1.83. The van der Waals surface area contributed by atoms with E-state index in [1.54, 1.807) is 0 Å². The maximum Gasteiger partial charge on any atom is 0.315 e. The number of carbonyl (C=O) groups is 1. The summed E-state index contributed by atoms with van der Waals surface area (Å²) in [6.07, 6.45) is 3.05. The molecule has 0 saturated carbocycles. The van der Waals surface area contributed by atoms with Crippen molar-refractivity contribution in [3.63, 3.8) is 0 Å². The van der Waals surface area contributed by atoms with Gasteiger partial charge in [-0.25, -0.2) is 4.79 Å². The standard InChI is InChI=1S/C16H24N2O3/c1-2-14(15-8-5-9-21-15)18-16(20)17-10-12-6-3-4-7-13(12)11-19/h3-4,6-7,14-15,19H,2,5,8-11H2,1H3,(H2,17,18,20). The van der Waals surface area contributed by atoms with E-state index in [4.69, 9.17) is 4.74 Å². The number of urea groups is 1. The first kappa shape index (κ1) is 15.8. The van der Waals surface area contributed by atoms with Crippen molar-refractivity contribution < 1.29 is 14.6 Å². The molecule has 3 N–H and O–H groups in total. The molecule has 1 aromatic rings. The van der Waals surface area contributed by atoms with Crippen LogP contribution in [-0.2, 0) is 17.9 Å². The Kier molecular flexibility index (Phi) is 6.02. The Hall–Kier alpha value is -1.59. The van der Waals surface area contributed by atoms with Gasteiger partial charge in [0.2, 0.25) is 0 Å². The van der Waals surface area contributed by atoms with Crippen LogP contribution in [0.3, 0.4) is 0 Å². The average molecular weight is 292 g/mol. The molecule has 0 aliphatic carbocycles. The summed E-state index contributed by atoms with van der Waals surface area (Å²) in [5, 5.41) is 15.1. The van der Waals surface area contributed by atoms with Crippen LogP contribution in [0.1, 0.15) is 37.3 Å². The van der Waals surface area contributed by atoms with Gasteiger partial charge in [-0.15, -0.1) is 0 Å². The zero-order chi connectivity index (χ0) is 15.1. The van der Waals surface area contributed by atoms with Crippen LogP contribution in [0.2, 0.25) is 0 Å². The molecule has 116 valence electrons. The Morgan fingerprint density at radius 1 is 1.43 bits per heavy atom. The second-order valence-electron chi connectivity index (χ2n) is 5.32. The lowest BCUT2D eigenvalue weighted by Crippen LogP contribution is -2.47. The number of nitrogens with one attached hydrogen (secondary N) is 2. The van der Waals surface area contributed by atoms with Gasteiger partial charge in [-0.2, -0.15) is 0 Å². The van der Waals surface area contributed by atoms with Gasteiger partial charge >= 0.3 is 6.03 Å². The van der Waals surface area contributed by atoms with Crippen LogP contribution in [0.25, 0.3) is 0 Å². The van der Waals surface area contributed by atoms with Gasteiger partial charge in [0, 0.05) is 13.2 Å². The van der Waals surface area contributed by atoms with Crippen molar-refractivity contribution in [1.82, 2.24) is 10.6 Å². The van der Waals surface area contributed by atoms with E-state index >= 15 is 0 Å². The number of hydrogen-bond donors (Lipinski definition) is 3. The highest BCUT2D eigenvalue weighted by molar-refractivity contribution is 5.74. The number of aliphatic hydroxyl groups is 1. The lowest BCUT2D eigenvalue weighted by atomic mass is 10.1. The van der Waals surface area contributed by atoms with E-state index in [0.29, 0.717) is 6.54 Å². The van der Waals surface area contributed by atoms with Gasteiger partial charge in [-0.3, -0.25) is 0 Å². The van der Waals surface area contributed by atoms with Crippen molar-refractivity contribution >= 4 is 6.03 Å². The molecule has 1 aromatic carbocycles. The van der Waals surface area contributed by atoms with Crippen LogP contribution in [0.15, 0.2) is 24.3 Å². The zero-order valence-electron chi connectivity index (χ0n) is 12.5. The molecule has 1 aliphatic heterocycles. The monoisotopic (exact) mass is 292 g/mol. The Labute approximate surface area is 125 Å². The number of carbonyl (C=O) groups excluding carboxylic acids is 1. The summed E-state index contributed by atoms with van der Waals surface area (Å²) in [5.74, 6) is 0. The molecule has 1 heterocycles. The molecule has 2 rings (SSSR count). The second kappa shape index (κ2) is 8.00. The molecule has 0 bridgehead atoms. The van der Waals surface area contributed by atoms with E-state index in [1.807, 2.05) is 31.2 Å². The van der Waals surface area contributed by atoms with E-state index in [1.165, 1.54) is 0 Å². The highest BCUT2D eigenvalue weighted by Gasteiger charge is 2.25. The number of aliphatic hydroxyl groups excluding tert-OH is 1. The lowest BCUT2D eigenvalue weighted by Gasteiger charge is -2.23. The normalized spacial score (nSPS) is 19.2. The molecule has 0 radical (unpaired) electrons. The fraction of sp³-hybridized carbons (Fsp3) is 0.562. The van der Waals surface area contributed by atoms with Crippen molar-refractivity contribution in [2.24, 2.45) is 0 Å². The van der Waals surface area contributed by atoms with E-state index in [2.05, 4.69) is 10.6 Å². The highest BCUT2D eigenvalue weighted by Crippen LogP contribution is 2.17. The third kappa shape index (κ3) is 4.44. The number of hydrogen-bond acceptors (Lipinski definition) is 3. The SMILES string of the molecule is CCC(NC(=O)NCc1ccccc1CO)C1CCCO1. The minimum absolute atomic E-state index is 0.0209. The zero-order valence-corrected chi connectivity index (χ0v) is 12.5. The summed E-state index contributed by atoms with van der Waals surface area (Å²) in [4.78, 5) is 12.0. The number of ether oxygens (including phenoxy) is 1. The first-order chi connectivity index (χ1) is 10.2. The fourth-order valence-corrected chi connectivity index (χ4v) is 2.66. The summed E-state index contributed by atoms with van der Waals surface area (Å²) < 4.78 is 5.63. The highest BCUT2D eigenvalue weighted by atomic mass is 16.5. The fourth-order valence-electron chi connectivity index (χ4n) is 2.66. The van der Waals surface area contributed by atoms with Crippen LogP contribution in [0.5, 0.6) is 0 Å². The van der Waals surface area contributed by atoms with Crippen LogP contribution in [-0.4, -0.2) is 29.9 Å². The predicted octanol–water partition coefficient (Wildman–Crippen LogP) is 1.94. The Morgan fingerprint density at radius 3 is 2.81 bits per heavy atom. The number of benzene rings is 1. The van der Waals surface area contributed by atoms with Crippen molar-refractivity contribution in [3.8, 4) is 0 Å². The van der Waals surface area contributed by atoms with Crippen LogP contribution in [0, 0.1) is 0 Å². The van der Waals surface area contributed by atoms with Crippen LogP contribution >= 0.6 is 0 Å². The summed E-state index contributed by atoms with van der Waals surface area (Å²) >= 11 is 0. The molecule has 2 unspecified atom stereocenters. The van der Waals surface area contributed by atoms with Crippen molar-refractivity contribution in [3.05, 3.63) is 35.4 Å². The van der Waals surface area contributed by atoms with Crippen molar-refractivity contribution in [2.75, 3.05) is 6.61 Å². The molecule has 5 nitrogen and oxygen atoms in total. The molecule has 21 heavy (non-hydrogen) atoms. The van der Waals surface area contributed by atoms with Crippen LogP contribution < -0.4 is 10.6 Å². The predicted molar refractivity (Wildman–Crippen MR) is 80.8 cm³/mol. The minimum Gasteiger partial charge on any atom is -0.392 e. The van der Waals surface area contributed by atoms with Gasteiger partial charge in [-0.05, 0) is 30.4 Å². The third-order valence-electron chi connectivity index (χ3n) is 3.90. The quantitative estimate of drug-likeness (QED) is 0.750. The second-order valence-corrected chi connectivity index (χ2v) is 5.32. The molecule has 5 heteroatoms. The molecule has 1 saturated heterocycles. The molecule has 0 aromatic heterocycles. The summed E-state index contributed by atoms with van der Waals surface area (Å²) in [6.45, 7) is 3.22. The minimum atomic E-state index is -0.190. The third-order valence-corrected chi connectivity index (χ3v) is 3.90. The molecular formula is C16H24N2O3. The van der Waals surface area contributed by atoms with Gasteiger partial charge in [0.15, 0.2) is 0 Å². The maximum absolute atomic E-state index is 12.0. The Morgan fingerprint density at radius 2 is 2.19 bits per heavy atom. The maximum atomic E-state index is 12.0. The topological polar surface area (TPSA) is 70.6 Å². The number of amides is 2. The first-order valence-corrected chi connectivity index (χ1v) is 7.58.